The number of nitrogens with one attached hydrogen (secondary N) is 1. The molecule has 5 rings (SSSR count). The summed E-state index contributed by atoms with van der Waals surface area (Å²) in [6, 6.07) is 21.6. The normalized spacial score (nSPS) is 15.8. The van der Waals surface area contributed by atoms with E-state index in [9.17, 15) is 9.59 Å². The van der Waals surface area contributed by atoms with Crippen LogP contribution in [0.15, 0.2) is 93.2 Å². The van der Waals surface area contributed by atoms with Crippen molar-refractivity contribution in [1.29, 1.82) is 5.41 Å². The van der Waals surface area contributed by atoms with Crippen molar-refractivity contribution >= 4 is 62.3 Å². The van der Waals surface area contributed by atoms with Gasteiger partial charge in [0.2, 0.25) is 0 Å². The molecule has 2 aliphatic rings. The Morgan fingerprint density at radius 3 is 2.65 bits per heavy atom. The fourth-order valence-electron chi connectivity index (χ4n) is 3.82. The lowest BCUT2D eigenvalue weighted by atomic mass is 10.1. The van der Waals surface area contributed by atoms with E-state index in [1.807, 2.05) is 48.7 Å². The zero-order valence-electron chi connectivity index (χ0n) is 19.6. The first kappa shape index (κ1) is 24.7. The minimum Gasteiger partial charge on any atom is -0.490 e. The highest BCUT2D eigenvalue weighted by atomic mass is 79.9. The molecule has 3 aromatic rings. The van der Waals surface area contributed by atoms with Crippen molar-refractivity contribution in [3.63, 3.8) is 0 Å². The summed E-state index contributed by atoms with van der Waals surface area (Å²) in [5.74, 6) is -0.371. The van der Waals surface area contributed by atoms with Crippen LogP contribution in [0, 0.1) is 5.41 Å². The van der Waals surface area contributed by atoms with Crippen LogP contribution < -0.4 is 9.47 Å². The number of rotatable bonds is 6. The van der Waals surface area contributed by atoms with E-state index in [0.717, 1.165) is 15.7 Å². The molecule has 0 unspecified atom stereocenters. The Hall–Kier alpha value is -3.95. The number of benzene rings is 3. The van der Waals surface area contributed by atoms with Gasteiger partial charge in [0.25, 0.3) is 5.91 Å². The third-order valence-electron chi connectivity index (χ3n) is 5.53. The van der Waals surface area contributed by atoms with E-state index in [1.54, 1.807) is 47.4 Å². The standard InChI is InChI=1S/C28H20BrN3O4S/c1-2-35-24-14-17(11-12-23(24)36-27(34)19-9-6-10-20(29)15-19)13-21-25(30)32-22(18-7-4-3-5-8-18)16-37-28(32)31-26(21)33/h3-16,30H,2H2,1H3/b21-13-,30-25?. The molecule has 37 heavy (non-hydrogen) atoms. The molecule has 0 fully saturated rings. The maximum atomic E-state index is 12.8. The summed E-state index contributed by atoms with van der Waals surface area (Å²) in [5, 5.41) is 11.2. The Morgan fingerprint density at radius 1 is 1.08 bits per heavy atom. The van der Waals surface area contributed by atoms with Crippen molar-refractivity contribution in [2.45, 2.75) is 6.92 Å². The van der Waals surface area contributed by atoms with Gasteiger partial charge >= 0.3 is 5.97 Å². The largest absolute Gasteiger partial charge is 0.490 e. The Kier molecular flexibility index (Phi) is 7.07. The first-order valence-corrected chi connectivity index (χ1v) is 13.0. The molecule has 2 heterocycles. The van der Waals surface area contributed by atoms with Gasteiger partial charge in [-0.1, -0.05) is 70.2 Å². The predicted octanol–water partition coefficient (Wildman–Crippen LogP) is 6.37. The second kappa shape index (κ2) is 10.6. The lowest BCUT2D eigenvalue weighted by Crippen LogP contribution is -2.38. The molecule has 3 aromatic carbocycles. The number of thioether (sulfide) groups is 1. The smallest absolute Gasteiger partial charge is 0.343 e. The van der Waals surface area contributed by atoms with E-state index in [2.05, 4.69) is 20.9 Å². The van der Waals surface area contributed by atoms with Crippen molar-refractivity contribution in [3.05, 3.63) is 105 Å². The Balaban J connectivity index is 1.44. The van der Waals surface area contributed by atoms with Crippen molar-refractivity contribution in [3.8, 4) is 11.5 Å². The number of amides is 1. The van der Waals surface area contributed by atoms with Gasteiger partial charge in [-0.15, -0.1) is 0 Å². The third kappa shape index (κ3) is 5.14. The maximum absolute atomic E-state index is 12.8. The van der Waals surface area contributed by atoms with Crippen LogP contribution in [0.5, 0.6) is 11.5 Å². The van der Waals surface area contributed by atoms with Crippen LogP contribution >= 0.6 is 27.7 Å². The highest BCUT2D eigenvalue weighted by Gasteiger charge is 2.36. The van der Waals surface area contributed by atoms with E-state index >= 15 is 0 Å². The van der Waals surface area contributed by atoms with Gasteiger partial charge in [-0.05, 0) is 54.5 Å². The van der Waals surface area contributed by atoms with Crippen LogP contribution in [0.2, 0.25) is 0 Å². The van der Waals surface area contributed by atoms with Crippen molar-refractivity contribution in [2.24, 2.45) is 4.99 Å². The molecule has 0 bridgehead atoms. The molecular weight excluding hydrogens is 554 g/mol. The Morgan fingerprint density at radius 2 is 1.89 bits per heavy atom. The molecule has 0 radical (unpaired) electrons. The Bertz CT molecular complexity index is 1510. The first-order chi connectivity index (χ1) is 17.9. The minimum atomic E-state index is -0.522. The summed E-state index contributed by atoms with van der Waals surface area (Å²) < 4.78 is 12.1. The average Bonchev–Trinajstić information content (AvgIpc) is 3.32. The molecule has 0 saturated carbocycles. The number of carbonyl (C=O) groups is 2. The molecule has 9 heteroatoms. The van der Waals surface area contributed by atoms with E-state index in [0.29, 0.717) is 28.7 Å². The second-order valence-electron chi connectivity index (χ2n) is 7.97. The summed E-state index contributed by atoms with van der Waals surface area (Å²) in [4.78, 5) is 31.4. The molecule has 0 aliphatic carbocycles. The number of halogens is 1. The van der Waals surface area contributed by atoms with Gasteiger partial charge in [0, 0.05) is 9.88 Å². The summed E-state index contributed by atoms with van der Waals surface area (Å²) in [7, 11) is 0. The van der Waals surface area contributed by atoms with Gasteiger partial charge in [0.15, 0.2) is 16.7 Å². The van der Waals surface area contributed by atoms with Crippen LogP contribution in [0.25, 0.3) is 11.8 Å². The fraction of sp³-hybridized carbons (Fsp3) is 0.0714. The molecule has 1 N–H and O–H groups in total. The summed E-state index contributed by atoms with van der Waals surface area (Å²) in [6.07, 6.45) is 1.60. The summed E-state index contributed by atoms with van der Waals surface area (Å²) in [6.45, 7) is 2.17. The molecule has 0 aromatic heterocycles. The SMILES string of the molecule is CCOc1cc(/C=C2/C(=N)N3C(c4ccccc4)=CSC3=NC2=O)ccc1OC(=O)c1cccc(Br)c1. The molecule has 0 saturated heterocycles. The lowest BCUT2D eigenvalue weighted by Gasteiger charge is -2.27. The number of ether oxygens (including phenoxy) is 2. The number of esters is 1. The maximum Gasteiger partial charge on any atom is 0.343 e. The number of nitrogens with zero attached hydrogens (tertiary/aromatic N) is 2. The molecule has 2 aliphatic heterocycles. The van der Waals surface area contributed by atoms with Gasteiger partial charge in [-0.2, -0.15) is 4.99 Å². The zero-order chi connectivity index (χ0) is 25.9. The number of aliphatic imine (C=N–C) groups is 1. The first-order valence-electron chi connectivity index (χ1n) is 11.3. The van der Waals surface area contributed by atoms with E-state index in [4.69, 9.17) is 14.9 Å². The molecular formula is C28H20BrN3O4S. The molecule has 7 nitrogen and oxygen atoms in total. The number of carbonyl (C=O) groups excluding carboxylic acids is 2. The van der Waals surface area contributed by atoms with E-state index in [1.165, 1.54) is 11.8 Å². The molecule has 1 amide bonds. The zero-order valence-corrected chi connectivity index (χ0v) is 22.0. The topological polar surface area (TPSA) is 92.1 Å². The summed E-state index contributed by atoms with van der Waals surface area (Å²) >= 11 is 4.67. The lowest BCUT2D eigenvalue weighted by molar-refractivity contribution is -0.114. The van der Waals surface area contributed by atoms with Gasteiger partial charge in [-0.25, -0.2) is 4.79 Å². The van der Waals surface area contributed by atoms with Gasteiger partial charge in [0.05, 0.1) is 23.4 Å². The van der Waals surface area contributed by atoms with Crippen molar-refractivity contribution < 1.29 is 19.1 Å². The minimum absolute atomic E-state index is 0.0400. The molecule has 0 atom stereocenters. The van der Waals surface area contributed by atoms with Gasteiger partial charge < -0.3 is 9.47 Å². The van der Waals surface area contributed by atoms with Crippen molar-refractivity contribution in [2.75, 3.05) is 6.61 Å². The quantitative estimate of drug-likeness (QED) is 0.209. The van der Waals surface area contributed by atoms with E-state index in [-0.39, 0.29) is 17.2 Å². The van der Waals surface area contributed by atoms with Crippen LogP contribution in [-0.4, -0.2) is 34.4 Å². The van der Waals surface area contributed by atoms with Gasteiger partial charge in [-0.3, -0.25) is 15.1 Å². The van der Waals surface area contributed by atoms with Crippen LogP contribution in [-0.2, 0) is 4.79 Å². The summed E-state index contributed by atoms with van der Waals surface area (Å²) in [5.41, 5.74) is 2.86. The highest BCUT2D eigenvalue weighted by molar-refractivity contribution is 9.10. The number of amidine groups is 2. The van der Waals surface area contributed by atoms with Crippen LogP contribution in [0.1, 0.15) is 28.4 Å². The highest BCUT2D eigenvalue weighted by Crippen LogP contribution is 2.38. The number of hydrogen-bond acceptors (Lipinski definition) is 6. The van der Waals surface area contributed by atoms with Gasteiger partial charge in [0.1, 0.15) is 5.84 Å². The fourth-order valence-corrected chi connectivity index (χ4v) is 5.11. The number of hydrogen-bond donors (Lipinski definition) is 1. The van der Waals surface area contributed by atoms with Crippen LogP contribution in [0.4, 0.5) is 0 Å². The average molecular weight is 574 g/mol. The number of fused-ring (bicyclic) bond motifs is 1. The van der Waals surface area contributed by atoms with E-state index < -0.39 is 11.9 Å². The van der Waals surface area contributed by atoms with Crippen molar-refractivity contribution in [1.82, 2.24) is 4.90 Å². The predicted molar refractivity (Wildman–Crippen MR) is 149 cm³/mol. The second-order valence-corrected chi connectivity index (χ2v) is 9.72. The Labute approximate surface area is 226 Å². The molecule has 184 valence electrons. The monoisotopic (exact) mass is 573 g/mol. The molecule has 0 spiro atoms. The third-order valence-corrected chi connectivity index (χ3v) is 6.84. The van der Waals surface area contributed by atoms with Crippen LogP contribution in [0.3, 0.4) is 0 Å².